The monoisotopic (exact) mass is 287 g/mol. The van der Waals surface area contributed by atoms with Crippen LogP contribution in [-0.2, 0) is 4.79 Å². The first kappa shape index (κ1) is 14.2. The minimum Gasteiger partial charge on any atom is -0.478 e. The Balaban J connectivity index is 2.47. The highest BCUT2D eigenvalue weighted by Gasteiger charge is 2.11. The zero-order valence-corrected chi connectivity index (χ0v) is 11.7. The summed E-state index contributed by atoms with van der Waals surface area (Å²) < 4.78 is 0. The van der Waals surface area contributed by atoms with E-state index in [4.69, 9.17) is 16.7 Å². The van der Waals surface area contributed by atoms with Crippen LogP contribution in [0.3, 0.4) is 0 Å². The molecule has 102 valence electrons. The number of carboxylic acids is 1. The fraction of sp³-hybridized carbons (Fsp3) is 0.0625. The first-order chi connectivity index (χ1) is 9.59. The summed E-state index contributed by atoms with van der Waals surface area (Å²) in [6, 6.07) is 15.2. The average molecular weight is 288 g/mol. The van der Waals surface area contributed by atoms with Gasteiger partial charge in [-0.3, -0.25) is 0 Å². The molecule has 0 aliphatic rings. The van der Waals surface area contributed by atoms with Gasteiger partial charge in [0.05, 0.1) is 10.7 Å². The van der Waals surface area contributed by atoms with Crippen molar-refractivity contribution in [1.29, 1.82) is 0 Å². The third kappa shape index (κ3) is 3.19. The van der Waals surface area contributed by atoms with E-state index in [1.807, 2.05) is 48.3 Å². The lowest BCUT2D eigenvalue weighted by molar-refractivity contribution is -0.131. The molecule has 2 rings (SSSR count). The number of aliphatic carboxylic acids is 1. The maximum Gasteiger partial charge on any atom is 0.328 e. The number of hydrogen-bond donors (Lipinski definition) is 1. The Kier molecular flexibility index (Phi) is 4.43. The molecule has 0 saturated heterocycles. The van der Waals surface area contributed by atoms with Crippen LogP contribution in [0, 0.1) is 0 Å². The van der Waals surface area contributed by atoms with Gasteiger partial charge in [0.1, 0.15) is 0 Å². The summed E-state index contributed by atoms with van der Waals surface area (Å²) in [4.78, 5) is 12.6. The summed E-state index contributed by atoms with van der Waals surface area (Å²) in [5, 5.41) is 9.33. The third-order valence-electron chi connectivity index (χ3n) is 2.90. The Hall–Kier alpha value is -2.26. The first-order valence-corrected chi connectivity index (χ1v) is 6.45. The van der Waals surface area contributed by atoms with Crippen LogP contribution in [0.15, 0.2) is 54.6 Å². The van der Waals surface area contributed by atoms with Gasteiger partial charge in [-0.1, -0.05) is 41.9 Å². The van der Waals surface area contributed by atoms with Gasteiger partial charge in [0.15, 0.2) is 0 Å². The maximum atomic E-state index is 10.7. The topological polar surface area (TPSA) is 40.5 Å². The quantitative estimate of drug-likeness (QED) is 0.857. The number of rotatable bonds is 4. The summed E-state index contributed by atoms with van der Waals surface area (Å²) in [7, 11) is 1.90. The molecule has 0 fully saturated rings. The van der Waals surface area contributed by atoms with Gasteiger partial charge in [-0.05, 0) is 29.8 Å². The van der Waals surface area contributed by atoms with Gasteiger partial charge in [-0.2, -0.15) is 0 Å². The highest BCUT2D eigenvalue weighted by molar-refractivity contribution is 6.33. The lowest BCUT2D eigenvalue weighted by atomic mass is 10.1. The van der Waals surface area contributed by atoms with Crippen LogP contribution in [0.2, 0.25) is 5.02 Å². The Morgan fingerprint density at radius 2 is 1.85 bits per heavy atom. The van der Waals surface area contributed by atoms with E-state index in [9.17, 15) is 4.79 Å². The van der Waals surface area contributed by atoms with E-state index >= 15 is 0 Å². The Bertz CT molecular complexity index is 638. The van der Waals surface area contributed by atoms with E-state index in [0.717, 1.165) is 23.0 Å². The largest absolute Gasteiger partial charge is 0.478 e. The highest BCUT2D eigenvalue weighted by Crippen LogP contribution is 2.34. The zero-order chi connectivity index (χ0) is 14.5. The molecule has 1 N–H and O–H groups in total. The Morgan fingerprint density at radius 3 is 2.50 bits per heavy atom. The van der Waals surface area contributed by atoms with Crippen molar-refractivity contribution in [1.82, 2.24) is 0 Å². The minimum absolute atomic E-state index is 0.573. The number of anilines is 2. The second-order valence-electron chi connectivity index (χ2n) is 4.24. The predicted molar refractivity (Wildman–Crippen MR) is 82.6 cm³/mol. The highest BCUT2D eigenvalue weighted by atomic mass is 35.5. The number of halogens is 1. The lowest BCUT2D eigenvalue weighted by Crippen LogP contribution is -2.11. The van der Waals surface area contributed by atoms with Crippen LogP contribution >= 0.6 is 11.6 Å². The molecular weight excluding hydrogens is 274 g/mol. The number of benzene rings is 2. The number of nitrogens with zero attached hydrogens (tertiary/aromatic N) is 1. The standard InChI is InChI=1S/C16H14ClNO2/c1-18(13-7-3-2-4-8-13)16-12(10-11-15(19)20)6-5-9-14(16)17/h2-11H,1H3,(H,19,20)/b11-10+. The van der Waals surface area contributed by atoms with Crippen molar-refractivity contribution in [2.75, 3.05) is 11.9 Å². The van der Waals surface area contributed by atoms with Crippen LogP contribution in [0.5, 0.6) is 0 Å². The Labute approximate surface area is 122 Å². The zero-order valence-electron chi connectivity index (χ0n) is 11.0. The van der Waals surface area contributed by atoms with Crippen LogP contribution in [0.25, 0.3) is 6.08 Å². The number of carboxylic acid groups (broad SMARTS) is 1. The van der Waals surface area contributed by atoms with Crippen LogP contribution < -0.4 is 4.90 Å². The molecule has 4 heteroatoms. The smallest absolute Gasteiger partial charge is 0.328 e. The van der Waals surface area contributed by atoms with Crippen LogP contribution in [0.4, 0.5) is 11.4 Å². The van der Waals surface area contributed by atoms with Crippen molar-refractivity contribution in [2.24, 2.45) is 0 Å². The van der Waals surface area contributed by atoms with Gasteiger partial charge in [0, 0.05) is 18.8 Å². The summed E-state index contributed by atoms with van der Waals surface area (Å²) >= 11 is 6.27. The molecule has 0 aliphatic heterocycles. The molecule has 0 saturated carbocycles. The summed E-state index contributed by atoms with van der Waals surface area (Å²) in [6.45, 7) is 0. The van der Waals surface area contributed by atoms with Crippen LogP contribution in [0.1, 0.15) is 5.56 Å². The van der Waals surface area contributed by atoms with Gasteiger partial charge in [-0.15, -0.1) is 0 Å². The maximum absolute atomic E-state index is 10.7. The second kappa shape index (κ2) is 6.26. The molecule has 2 aromatic rings. The molecule has 0 spiro atoms. The van der Waals surface area contributed by atoms with Crippen molar-refractivity contribution < 1.29 is 9.90 Å². The average Bonchev–Trinajstić information content (AvgIpc) is 2.45. The fourth-order valence-electron chi connectivity index (χ4n) is 1.96. The van der Waals surface area contributed by atoms with Crippen molar-refractivity contribution in [3.05, 3.63) is 65.2 Å². The minimum atomic E-state index is -0.988. The molecule has 0 heterocycles. The van der Waals surface area contributed by atoms with Gasteiger partial charge in [-0.25, -0.2) is 4.79 Å². The van der Waals surface area contributed by atoms with Gasteiger partial charge in [0.2, 0.25) is 0 Å². The van der Waals surface area contributed by atoms with Crippen molar-refractivity contribution in [3.8, 4) is 0 Å². The van der Waals surface area contributed by atoms with E-state index < -0.39 is 5.97 Å². The van der Waals surface area contributed by atoms with Crippen molar-refractivity contribution in [2.45, 2.75) is 0 Å². The van der Waals surface area contributed by atoms with Gasteiger partial charge < -0.3 is 10.0 Å². The molecule has 0 aromatic heterocycles. The summed E-state index contributed by atoms with van der Waals surface area (Å²) in [6.07, 6.45) is 2.65. The van der Waals surface area contributed by atoms with Crippen molar-refractivity contribution in [3.63, 3.8) is 0 Å². The molecule has 0 radical (unpaired) electrons. The Morgan fingerprint density at radius 1 is 1.15 bits per heavy atom. The van der Waals surface area contributed by atoms with E-state index in [-0.39, 0.29) is 0 Å². The molecule has 0 amide bonds. The molecule has 0 atom stereocenters. The molecule has 0 unspecified atom stereocenters. The molecule has 2 aromatic carbocycles. The van der Waals surface area contributed by atoms with E-state index in [0.29, 0.717) is 5.02 Å². The third-order valence-corrected chi connectivity index (χ3v) is 3.21. The molecule has 0 bridgehead atoms. The van der Waals surface area contributed by atoms with Gasteiger partial charge in [0.25, 0.3) is 0 Å². The molecule has 0 aliphatic carbocycles. The number of hydrogen-bond acceptors (Lipinski definition) is 2. The van der Waals surface area contributed by atoms with Gasteiger partial charge >= 0.3 is 5.97 Å². The number of carbonyl (C=O) groups is 1. The SMILES string of the molecule is CN(c1ccccc1)c1c(Cl)cccc1/C=C/C(=O)O. The normalized spacial score (nSPS) is 10.7. The summed E-state index contributed by atoms with van der Waals surface area (Å²) in [5.41, 5.74) is 2.51. The van der Waals surface area contributed by atoms with Crippen LogP contribution in [-0.4, -0.2) is 18.1 Å². The fourth-order valence-corrected chi connectivity index (χ4v) is 2.27. The lowest BCUT2D eigenvalue weighted by Gasteiger charge is -2.23. The van der Waals surface area contributed by atoms with Crippen molar-refractivity contribution >= 4 is 35.0 Å². The molecular formula is C16H14ClNO2. The molecule has 3 nitrogen and oxygen atoms in total. The van der Waals surface area contributed by atoms with E-state index in [1.165, 1.54) is 0 Å². The second-order valence-corrected chi connectivity index (χ2v) is 4.65. The van der Waals surface area contributed by atoms with E-state index in [1.54, 1.807) is 18.2 Å². The van der Waals surface area contributed by atoms with E-state index in [2.05, 4.69) is 0 Å². The summed E-state index contributed by atoms with van der Waals surface area (Å²) in [5.74, 6) is -0.988. The molecule has 20 heavy (non-hydrogen) atoms. The first-order valence-electron chi connectivity index (χ1n) is 6.08. The predicted octanol–water partition coefficient (Wildman–Crippen LogP) is 4.21. The number of para-hydroxylation sites is 2.